The number of alkyl halides is 2. The van der Waals surface area contributed by atoms with E-state index in [4.69, 9.17) is 11.6 Å². The van der Waals surface area contributed by atoms with E-state index in [0.717, 1.165) is 12.8 Å². The molecule has 0 saturated heterocycles. The Labute approximate surface area is 199 Å². The lowest BCUT2D eigenvalue weighted by Gasteiger charge is -2.25. The summed E-state index contributed by atoms with van der Waals surface area (Å²) < 4.78 is 43.7. The van der Waals surface area contributed by atoms with Crippen molar-refractivity contribution >= 4 is 39.8 Å². The highest BCUT2D eigenvalue weighted by molar-refractivity contribution is 6.31. The summed E-state index contributed by atoms with van der Waals surface area (Å²) in [6.07, 6.45) is 1.03. The molecule has 2 aromatic heterocycles. The fourth-order valence-electron chi connectivity index (χ4n) is 4.12. The van der Waals surface area contributed by atoms with Gasteiger partial charge in [0.05, 0.1) is 12.1 Å². The van der Waals surface area contributed by atoms with E-state index < -0.39 is 18.8 Å². The summed E-state index contributed by atoms with van der Waals surface area (Å²) >= 11 is 6.19. The predicted octanol–water partition coefficient (Wildman–Crippen LogP) is 6.26. The van der Waals surface area contributed by atoms with Crippen LogP contribution in [-0.4, -0.2) is 32.6 Å². The number of hydrogen-bond acceptors (Lipinski definition) is 4. The average molecular weight is 484 g/mol. The van der Waals surface area contributed by atoms with Gasteiger partial charge in [0.25, 0.3) is 12.2 Å². The highest BCUT2D eigenvalue weighted by Gasteiger charge is 2.36. The van der Waals surface area contributed by atoms with Crippen molar-refractivity contribution in [2.24, 2.45) is 11.3 Å². The third kappa shape index (κ3) is 4.40. The van der Waals surface area contributed by atoms with E-state index in [1.54, 1.807) is 28.7 Å². The Balaban J connectivity index is 1.66. The van der Waals surface area contributed by atoms with Gasteiger partial charge in [-0.2, -0.15) is 4.98 Å². The molecule has 4 aromatic rings. The van der Waals surface area contributed by atoms with E-state index in [1.807, 2.05) is 0 Å². The quantitative estimate of drug-likeness (QED) is 0.314. The van der Waals surface area contributed by atoms with Crippen LogP contribution in [0.5, 0.6) is 0 Å². The summed E-state index contributed by atoms with van der Waals surface area (Å²) in [5, 5.41) is 8.85. The molecule has 0 radical (unpaired) electrons. The van der Waals surface area contributed by atoms with Gasteiger partial charge >= 0.3 is 0 Å². The van der Waals surface area contributed by atoms with Gasteiger partial charge < -0.3 is 4.90 Å². The van der Waals surface area contributed by atoms with Gasteiger partial charge in [-0.15, -0.1) is 10.2 Å². The Morgan fingerprint density at radius 3 is 2.74 bits per heavy atom. The first-order valence-electron chi connectivity index (χ1n) is 10.9. The van der Waals surface area contributed by atoms with Gasteiger partial charge in [-0.05, 0) is 69.0 Å². The van der Waals surface area contributed by atoms with Crippen molar-refractivity contribution in [2.45, 2.75) is 33.1 Å². The molecule has 5 nitrogen and oxygen atoms in total. The van der Waals surface area contributed by atoms with Gasteiger partial charge in [0.2, 0.25) is 0 Å². The van der Waals surface area contributed by atoms with Crippen LogP contribution in [0.2, 0.25) is 5.02 Å². The van der Waals surface area contributed by atoms with Crippen LogP contribution in [0.4, 0.5) is 24.7 Å². The smallest absolute Gasteiger partial charge is 0.257 e. The van der Waals surface area contributed by atoms with Crippen molar-refractivity contribution < 1.29 is 13.2 Å². The summed E-state index contributed by atoms with van der Waals surface area (Å²) in [5.41, 5.74) is 1.05. The highest BCUT2D eigenvalue weighted by atomic mass is 35.5. The summed E-state index contributed by atoms with van der Waals surface area (Å²) in [7, 11) is 0. The van der Waals surface area contributed by atoms with Crippen molar-refractivity contribution in [2.75, 3.05) is 11.4 Å². The van der Waals surface area contributed by atoms with Crippen LogP contribution in [-0.2, 0) is 0 Å². The van der Waals surface area contributed by atoms with Crippen LogP contribution in [0.25, 0.3) is 16.7 Å². The van der Waals surface area contributed by atoms with Crippen LogP contribution in [0, 0.1) is 29.0 Å². The molecule has 0 unspecified atom stereocenters. The Kier molecular flexibility index (Phi) is 5.61. The maximum absolute atomic E-state index is 14.7. The molecule has 5 rings (SSSR count). The molecule has 0 bridgehead atoms. The minimum Gasteiger partial charge on any atom is -0.320 e. The molecule has 0 N–H and O–H groups in total. The Morgan fingerprint density at radius 2 is 2.00 bits per heavy atom. The number of hydrogen-bond donors (Lipinski definition) is 0. The number of rotatable bonds is 5. The maximum atomic E-state index is 14.7. The summed E-state index contributed by atoms with van der Waals surface area (Å²) in [5.74, 6) is 6.66. The van der Waals surface area contributed by atoms with Crippen LogP contribution >= 0.6 is 11.6 Å². The molecular formula is C25H21ClF3N5. The maximum Gasteiger partial charge on any atom is 0.257 e. The number of aromatic nitrogens is 4. The van der Waals surface area contributed by atoms with Gasteiger partial charge in [0.15, 0.2) is 0 Å². The van der Waals surface area contributed by atoms with Crippen molar-refractivity contribution in [1.29, 1.82) is 0 Å². The lowest BCUT2D eigenvalue weighted by Crippen LogP contribution is -2.25. The van der Waals surface area contributed by atoms with E-state index >= 15 is 0 Å². The van der Waals surface area contributed by atoms with Crippen molar-refractivity contribution in [3.63, 3.8) is 0 Å². The fourth-order valence-corrected chi connectivity index (χ4v) is 4.29. The predicted molar refractivity (Wildman–Crippen MR) is 126 cm³/mol. The van der Waals surface area contributed by atoms with Crippen molar-refractivity contribution in [3.8, 4) is 11.8 Å². The first-order chi connectivity index (χ1) is 16.2. The van der Waals surface area contributed by atoms with E-state index in [0.29, 0.717) is 27.4 Å². The molecule has 2 aromatic carbocycles. The minimum atomic E-state index is -2.70. The molecule has 0 aliphatic heterocycles. The van der Waals surface area contributed by atoms with Gasteiger partial charge in [0, 0.05) is 27.1 Å². The number of nitrogens with zero attached hydrogens (tertiary/aromatic N) is 5. The Hall–Kier alpha value is -3.31. The minimum absolute atomic E-state index is 0.190. The van der Waals surface area contributed by atoms with Crippen molar-refractivity contribution in [3.05, 3.63) is 59.1 Å². The van der Waals surface area contributed by atoms with Gasteiger partial charge in [-0.1, -0.05) is 23.4 Å². The third-order valence-electron chi connectivity index (χ3n) is 6.09. The fraction of sp³-hybridized carbons (Fsp3) is 0.320. The molecule has 34 heavy (non-hydrogen) atoms. The number of anilines is 2. The second-order valence-corrected chi connectivity index (χ2v) is 9.48. The van der Waals surface area contributed by atoms with Gasteiger partial charge in [0.1, 0.15) is 18.0 Å². The SMILES string of the molecule is CC(C)(C#Cc1cc(F)cc(N(CC(F)F)c2nc3nncn3c3cc(Cl)ccc23)c1)C1CC1. The second-order valence-electron chi connectivity index (χ2n) is 9.04. The molecule has 0 amide bonds. The van der Waals surface area contributed by atoms with E-state index in [9.17, 15) is 13.2 Å². The third-order valence-corrected chi connectivity index (χ3v) is 6.33. The topological polar surface area (TPSA) is 46.3 Å². The molecule has 2 heterocycles. The molecule has 0 atom stereocenters. The number of fused-ring (bicyclic) bond motifs is 3. The first kappa shape index (κ1) is 22.5. The Morgan fingerprint density at radius 1 is 1.21 bits per heavy atom. The monoisotopic (exact) mass is 483 g/mol. The van der Waals surface area contributed by atoms with Gasteiger partial charge in [-0.3, -0.25) is 4.40 Å². The molecule has 1 aliphatic rings. The standard InChI is InChI=1S/C25H21ClF3N5/c1-25(2,16-3-4-16)8-7-15-9-18(27)12-19(10-15)33(13-22(28)29)23-20-6-5-17(26)11-21(20)34-14-30-32-24(34)31-23/h5-6,9-12,14,16,22H,3-4,13H2,1-2H3. The van der Waals surface area contributed by atoms with Crippen molar-refractivity contribution in [1.82, 2.24) is 19.6 Å². The molecule has 9 heteroatoms. The average Bonchev–Trinajstić information content (AvgIpc) is 3.54. The highest BCUT2D eigenvalue weighted by Crippen LogP contribution is 2.44. The summed E-state index contributed by atoms with van der Waals surface area (Å²) in [4.78, 5) is 5.77. The lowest BCUT2D eigenvalue weighted by molar-refractivity contribution is 0.158. The Bertz CT molecular complexity index is 1450. The molecule has 1 fully saturated rings. The first-order valence-corrected chi connectivity index (χ1v) is 11.3. The molecular weight excluding hydrogens is 463 g/mol. The van der Waals surface area contributed by atoms with Crippen LogP contribution < -0.4 is 4.90 Å². The number of benzene rings is 2. The normalized spacial score (nSPS) is 14.0. The van der Waals surface area contributed by atoms with Crippen LogP contribution in [0.15, 0.2) is 42.7 Å². The van der Waals surface area contributed by atoms with Crippen LogP contribution in [0.3, 0.4) is 0 Å². The van der Waals surface area contributed by atoms with E-state index in [-0.39, 0.29) is 22.7 Å². The molecule has 1 saturated carbocycles. The second kappa shape index (κ2) is 8.48. The molecule has 1 aliphatic carbocycles. The lowest BCUT2D eigenvalue weighted by atomic mass is 9.88. The zero-order valence-electron chi connectivity index (χ0n) is 18.6. The zero-order valence-corrected chi connectivity index (χ0v) is 19.3. The van der Waals surface area contributed by atoms with Crippen LogP contribution in [0.1, 0.15) is 32.3 Å². The number of halogens is 4. The summed E-state index contributed by atoms with van der Waals surface area (Å²) in [6, 6.07) is 9.15. The van der Waals surface area contributed by atoms with E-state index in [1.165, 1.54) is 23.4 Å². The largest absolute Gasteiger partial charge is 0.320 e. The summed E-state index contributed by atoms with van der Waals surface area (Å²) in [6.45, 7) is 3.44. The molecule has 0 spiro atoms. The van der Waals surface area contributed by atoms with E-state index in [2.05, 4.69) is 40.9 Å². The molecule has 174 valence electrons. The zero-order chi connectivity index (χ0) is 24.0. The van der Waals surface area contributed by atoms with Gasteiger partial charge in [-0.25, -0.2) is 13.2 Å².